The van der Waals surface area contributed by atoms with Crippen molar-refractivity contribution in [3.63, 3.8) is 0 Å². The summed E-state index contributed by atoms with van der Waals surface area (Å²) in [6, 6.07) is 2.63. The molecule has 0 aliphatic heterocycles. The van der Waals surface area contributed by atoms with E-state index in [9.17, 15) is 0 Å². The molecule has 0 radical (unpaired) electrons. The second kappa shape index (κ2) is 5.36. The van der Waals surface area contributed by atoms with Gasteiger partial charge in [0.25, 0.3) is 0 Å². The molecule has 1 N–H and O–H groups in total. The number of nitrogens with zero attached hydrogens (tertiary/aromatic N) is 1. The average Bonchev–Trinajstić information content (AvgIpc) is 3.10. The van der Waals surface area contributed by atoms with E-state index in [-0.39, 0.29) is 0 Å². The van der Waals surface area contributed by atoms with E-state index in [2.05, 4.69) is 30.2 Å². The van der Waals surface area contributed by atoms with E-state index in [1.807, 2.05) is 6.20 Å². The molecule has 0 saturated heterocycles. The molecule has 0 bridgehead atoms. The van der Waals surface area contributed by atoms with Gasteiger partial charge in [0, 0.05) is 18.4 Å². The summed E-state index contributed by atoms with van der Waals surface area (Å²) in [5.41, 5.74) is 1.67. The SMILES string of the molecule is CCCNC(C)C1(Cc2ccncc2Cl)CC1. The van der Waals surface area contributed by atoms with Gasteiger partial charge in [-0.25, -0.2) is 0 Å². The summed E-state index contributed by atoms with van der Waals surface area (Å²) in [5.74, 6) is 0. The molecular weight excluding hydrogens is 232 g/mol. The van der Waals surface area contributed by atoms with Gasteiger partial charge in [-0.1, -0.05) is 18.5 Å². The minimum Gasteiger partial charge on any atom is -0.314 e. The molecule has 1 aliphatic rings. The molecule has 3 heteroatoms. The Morgan fingerprint density at radius 3 is 2.88 bits per heavy atom. The summed E-state index contributed by atoms with van der Waals surface area (Å²) in [7, 11) is 0. The van der Waals surface area contributed by atoms with Crippen LogP contribution in [0.3, 0.4) is 0 Å². The molecule has 0 aromatic carbocycles. The first-order chi connectivity index (χ1) is 8.18. The quantitative estimate of drug-likeness (QED) is 0.839. The molecule has 1 atom stereocenters. The van der Waals surface area contributed by atoms with Gasteiger partial charge in [-0.3, -0.25) is 4.98 Å². The van der Waals surface area contributed by atoms with Crippen molar-refractivity contribution in [1.82, 2.24) is 10.3 Å². The minimum absolute atomic E-state index is 0.431. The lowest BCUT2D eigenvalue weighted by atomic mass is 9.90. The fourth-order valence-electron chi connectivity index (χ4n) is 2.43. The van der Waals surface area contributed by atoms with Gasteiger partial charge in [0.2, 0.25) is 0 Å². The molecular formula is C14H21ClN2. The molecule has 1 saturated carbocycles. The second-order valence-electron chi connectivity index (χ2n) is 5.18. The van der Waals surface area contributed by atoms with Crippen LogP contribution in [0, 0.1) is 5.41 Å². The largest absolute Gasteiger partial charge is 0.314 e. The molecule has 1 aliphatic carbocycles. The normalized spacial score (nSPS) is 19.0. The number of hydrogen-bond acceptors (Lipinski definition) is 2. The number of hydrogen-bond donors (Lipinski definition) is 1. The van der Waals surface area contributed by atoms with Crippen molar-refractivity contribution in [3.8, 4) is 0 Å². The zero-order chi connectivity index (χ0) is 12.3. The van der Waals surface area contributed by atoms with Crippen LogP contribution in [0.5, 0.6) is 0 Å². The van der Waals surface area contributed by atoms with Crippen molar-refractivity contribution in [1.29, 1.82) is 0 Å². The van der Waals surface area contributed by atoms with Crippen molar-refractivity contribution in [2.75, 3.05) is 6.54 Å². The first-order valence-corrected chi connectivity index (χ1v) is 6.87. The lowest BCUT2D eigenvalue weighted by molar-refractivity contribution is 0.350. The lowest BCUT2D eigenvalue weighted by Crippen LogP contribution is -2.36. The first kappa shape index (κ1) is 12.8. The fourth-order valence-corrected chi connectivity index (χ4v) is 2.61. The summed E-state index contributed by atoms with van der Waals surface area (Å²) >= 11 is 6.18. The second-order valence-corrected chi connectivity index (χ2v) is 5.59. The van der Waals surface area contributed by atoms with E-state index in [0.29, 0.717) is 11.5 Å². The van der Waals surface area contributed by atoms with Crippen molar-refractivity contribution in [3.05, 3.63) is 29.0 Å². The maximum absolute atomic E-state index is 6.18. The summed E-state index contributed by atoms with van der Waals surface area (Å²) in [6.45, 7) is 5.61. The zero-order valence-electron chi connectivity index (χ0n) is 10.7. The van der Waals surface area contributed by atoms with Crippen LogP contribution in [0.1, 0.15) is 38.7 Å². The van der Waals surface area contributed by atoms with Crippen LogP contribution in [-0.4, -0.2) is 17.6 Å². The Bertz CT molecular complexity index is 374. The smallest absolute Gasteiger partial charge is 0.0621 e. The molecule has 1 unspecified atom stereocenters. The highest BCUT2D eigenvalue weighted by Gasteiger charge is 2.47. The summed E-state index contributed by atoms with van der Waals surface area (Å²) in [4.78, 5) is 4.04. The maximum Gasteiger partial charge on any atom is 0.0621 e. The monoisotopic (exact) mass is 252 g/mol. The van der Waals surface area contributed by atoms with Gasteiger partial charge in [-0.15, -0.1) is 0 Å². The molecule has 1 aromatic rings. The standard InChI is InChI=1S/C14H21ClN2/c1-3-7-17-11(2)14(5-6-14)9-12-4-8-16-10-13(12)15/h4,8,10-11,17H,3,5-7,9H2,1-2H3. The maximum atomic E-state index is 6.18. The van der Waals surface area contributed by atoms with Gasteiger partial charge in [-0.05, 0) is 56.2 Å². The summed E-state index contributed by atoms with van der Waals surface area (Å²) in [6.07, 6.45) is 8.47. The predicted molar refractivity (Wildman–Crippen MR) is 72.4 cm³/mol. The van der Waals surface area contributed by atoms with E-state index in [1.54, 1.807) is 6.20 Å². The molecule has 1 aromatic heterocycles. The number of aromatic nitrogens is 1. The van der Waals surface area contributed by atoms with Crippen molar-refractivity contribution in [2.24, 2.45) is 5.41 Å². The van der Waals surface area contributed by atoms with Gasteiger partial charge >= 0.3 is 0 Å². The van der Waals surface area contributed by atoms with Crippen LogP contribution in [0.2, 0.25) is 5.02 Å². The van der Waals surface area contributed by atoms with E-state index < -0.39 is 0 Å². The van der Waals surface area contributed by atoms with Crippen molar-refractivity contribution >= 4 is 11.6 Å². The Morgan fingerprint density at radius 1 is 1.53 bits per heavy atom. The van der Waals surface area contributed by atoms with Gasteiger partial charge < -0.3 is 5.32 Å². The van der Waals surface area contributed by atoms with Crippen molar-refractivity contribution < 1.29 is 0 Å². The van der Waals surface area contributed by atoms with Gasteiger partial charge in [0.1, 0.15) is 0 Å². The van der Waals surface area contributed by atoms with Gasteiger partial charge in [0.05, 0.1) is 5.02 Å². The zero-order valence-corrected chi connectivity index (χ0v) is 11.4. The number of pyridine rings is 1. The summed E-state index contributed by atoms with van der Waals surface area (Å²) in [5, 5.41) is 4.42. The van der Waals surface area contributed by atoms with Crippen LogP contribution in [0.4, 0.5) is 0 Å². The Balaban J connectivity index is 2.00. The summed E-state index contributed by atoms with van der Waals surface area (Å²) < 4.78 is 0. The Kier molecular flexibility index (Phi) is 4.05. The minimum atomic E-state index is 0.431. The predicted octanol–water partition coefficient (Wildman–Crippen LogP) is 3.45. The topological polar surface area (TPSA) is 24.9 Å². The molecule has 94 valence electrons. The third kappa shape index (κ3) is 2.99. The third-order valence-electron chi connectivity index (χ3n) is 3.91. The highest BCUT2D eigenvalue weighted by Crippen LogP contribution is 2.51. The van der Waals surface area contributed by atoms with E-state index in [1.165, 1.54) is 24.8 Å². The molecule has 2 nitrogen and oxygen atoms in total. The lowest BCUT2D eigenvalue weighted by Gasteiger charge is -2.25. The highest BCUT2D eigenvalue weighted by molar-refractivity contribution is 6.31. The number of nitrogens with one attached hydrogen (secondary N) is 1. The third-order valence-corrected chi connectivity index (χ3v) is 4.25. The molecule has 17 heavy (non-hydrogen) atoms. The average molecular weight is 253 g/mol. The van der Waals surface area contributed by atoms with Gasteiger partial charge in [0.15, 0.2) is 0 Å². The van der Waals surface area contributed by atoms with Gasteiger partial charge in [-0.2, -0.15) is 0 Å². The fraction of sp³-hybridized carbons (Fsp3) is 0.643. The molecule has 1 heterocycles. The van der Waals surface area contributed by atoms with E-state index in [0.717, 1.165) is 18.0 Å². The Labute approximate surface area is 109 Å². The molecule has 0 spiro atoms. The number of halogens is 1. The van der Waals surface area contributed by atoms with Crippen LogP contribution < -0.4 is 5.32 Å². The van der Waals surface area contributed by atoms with Crippen LogP contribution in [0.25, 0.3) is 0 Å². The Morgan fingerprint density at radius 2 is 2.29 bits per heavy atom. The van der Waals surface area contributed by atoms with E-state index in [4.69, 9.17) is 11.6 Å². The van der Waals surface area contributed by atoms with E-state index >= 15 is 0 Å². The molecule has 0 amide bonds. The Hall–Kier alpha value is -0.600. The molecule has 1 fully saturated rings. The van der Waals surface area contributed by atoms with Crippen LogP contribution in [0.15, 0.2) is 18.5 Å². The highest BCUT2D eigenvalue weighted by atomic mass is 35.5. The molecule has 2 rings (SSSR count). The van der Waals surface area contributed by atoms with Crippen LogP contribution in [-0.2, 0) is 6.42 Å². The first-order valence-electron chi connectivity index (χ1n) is 6.50. The van der Waals surface area contributed by atoms with Crippen molar-refractivity contribution in [2.45, 2.75) is 45.6 Å². The number of rotatable bonds is 6. The van der Waals surface area contributed by atoms with Crippen LogP contribution >= 0.6 is 11.6 Å².